The molecule has 3 aromatic rings. The number of para-hydroxylation sites is 1. The number of aromatic amines is 1. The number of fused-ring (bicyclic) bond motifs is 1. The molecule has 0 aliphatic heterocycles. The third-order valence-electron chi connectivity index (χ3n) is 3.99. The van der Waals surface area contributed by atoms with Crippen molar-refractivity contribution in [3.05, 3.63) is 74.4 Å². The Bertz CT molecular complexity index is 959. The van der Waals surface area contributed by atoms with Gasteiger partial charge in [-0.15, -0.1) is 6.42 Å². The van der Waals surface area contributed by atoms with Gasteiger partial charge in [0.15, 0.2) is 0 Å². The Labute approximate surface area is 153 Å². The zero-order chi connectivity index (χ0) is 17.8. The van der Waals surface area contributed by atoms with Crippen molar-refractivity contribution in [1.29, 1.82) is 0 Å². The first kappa shape index (κ1) is 17.1. The van der Waals surface area contributed by atoms with E-state index in [1.165, 1.54) is 0 Å². The third kappa shape index (κ3) is 3.67. The molecule has 0 fully saturated rings. The summed E-state index contributed by atoms with van der Waals surface area (Å²) in [5, 5.41) is 12.3. The maximum Gasteiger partial charge on any atom is 0.214 e. The zero-order valence-corrected chi connectivity index (χ0v) is 14.8. The molecular formula is C19H15BrN2O3. The van der Waals surface area contributed by atoms with Gasteiger partial charge in [-0.25, -0.2) is 0 Å². The van der Waals surface area contributed by atoms with Crippen LogP contribution in [-0.2, 0) is 0 Å². The van der Waals surface area contributed by atoms with Crippen LogP contribution >= 0.6 is 15.9 Å². The summed E-state index contributed by atoms with van der Waals surface area (Å²) in [5.41, 5.74) is 2.52. The van der Waals surface area contributed by atoms with Crippen LogP contribution in [0.2, 0.25) is 0 Å². The van der Waals surface area contributed by atoms with Crippen molar-refractivity contribution in [3.63, 3.8) is 0 Å². The molecule has 0 bridgehead atoms. The number of nitro groups is 1. The molecule has 126 valence electrons. The molecule has 0 saturated carbocycles. The molecule has 1 N–H and O–H groups in total. The van der Waals surface area contributed by atoms with Crippen molar-refractivity contribution in [3.8, 4) is 18.1 Å². The van der Waals surface area contributed by atoms with Crippen molar-refractivity contribution < 1.29 is 9.66 Å². The second-order valence-corrected chi connectivity index (χ2v) is 6.45. The van der Waals surface area contributed by atoms with Crippen LogP contribution in [0, 0.1) is 22.5 Å². The van der Waals surface area contributed by atoms with E-state index in [1.54, 1.807) is 6.07 Å². The van der Waals surface area contributed by atoms with Gasteiger partial charge in [0.1, 0.15) is 12.4 Å². The average Bonchev–Trinajstić information content (AvgIpc) is 3.02. The molecule has 0 aliphatic carbocycles. The number of H-pyrrole nitrogens is 1. The number of aromatic nitrogens is 1. The number of hydrogen-bond acceptors (Lipinski definition) is 3. The Kier molecular flexibility index (Phi) is 5.05. The molecule has 2 aromatic carbocycles. The summed E-state index contributed by atoms with van der Waals surface area (Å²) in [7, 11) is 0. The third-order valence-corrected chi connectivity index (χ3v) is 4.48. The molecule has 1 heterocycles. The normalized spacial score (nSPS) is 11.8. The lowest BCUT2D eigenvalue weighted by atomic mass is 9.90. The van der Waals surface area contributed by atoms with Crippen LogP contribution in [-0.4, -0.2) is 23.1 Å². The van der Waals surface area contributed by atoms with Crippen LogP contribution in [0.15, 0.2) is 53.1 Å². The fourth-order valence-electron chi connectivity index (χ4n) is 2.94. The molecule has 1 atom stereocenters. The summed E-state index contributed by atoms with van der Waals surface area (Å²) in [6.07, 6.45) is 7.11. The molecule has 6 heteroatoms. The van der Waals surface area contributed by atoms with Gasteiger partial charge >= 0.3 is 0 Å². The van der Waals surface area contributed by atoms with Gasteiger partial charge in [0, 0.05) is 32.1 Å². The molecule has 0 aliphatic rings. The number of nitrogens with one attached hydrogen (secondary N) is 1. The first-order valence-electron chi connectivity index (χ1n) is 7.63. The zero-order valence-electron chi connectivity index (χ0n) is 13.2. The minimum atomic E-state index is -0.462. The highest BCUT2D eigenvalue weighted by molar-refractivity contribution is 9.10. The molecular weight excluding hydrogens is 384 g/mol. The fourth-order valence-corrected chi connectivity index (χ4v) is 3.32. The summed E-state index contributed by atoms with van der Waals surface area (Å²) in [6.45, 7) is -0.140. The second kappa shape index (κ2) is 7.41. The van der Waals surface area contributed by atoms with Gasteiger partial charge in [0.2, 0.25) is 6.54 Å². The van der Waals surface area contributed by atoms with E-state index < -0.39 is 5.92 Å². The lowest BCUT2D eigenvalue weighted by molar-refractivity contribution is -0.481. The number of ether oxygens (including phenoxy) is 1. The summed E-state index contributed by atoms with van der Waals surface area (Å²) in [5.74, 6) is 2.52. The van der Waals surface area contributed by atoms with Gasteiger partial charge in [-0.3, -0.25) is 10.1 Å². The molecule has 3 rings (SSSR count). The Hall–Kier alpha value is -2.78. The number of nitrogens with zero attached hydrogens (tertiary/aromatic N) is 1. The van der Waals surface area contributed by atoms with Crippen molar-refractivity contribution >= 4 is 26.8 Å². The first-order valence-corrected chi connectivity index (χ1v) is 8.43. The van der Waals surface area contributed by atoms with Crippen LogP contribution in [0.5, 0.6) is 5.75 Å². The quantitative estimate of drug-likeness (QED) is 0.381. The van der Waals surface area contributed by atoms with Crippen LogP contribution in [0.25, 0.3) is 10.9 Å². The number of hydrogen-bond donors (Lipinski definition) is 1. The summed E-state index contributed by atoms with van der Waals surface area (Å²) in [4.78, 5) is 14.2. The lowest BCUT2D eigenvalue weighted by Crippen LogP contribution is -2.15. The standard InChI is InChI=1S/C19H15BrN2O3/c1-2-9-25-19-8-7-13(20)10-15(19)17(12-22(23)24)16-11-21-18-6-4-3-5-14(16)18/h1,3-8,10-11,17,21H,9,12H2/t17-/m1/s1. The average molecular weight is 399 g/mol. The molecule has 0 unspecified atom stereocenters. The number of terminal acetylenes is 1. The van der Waals surface area contributed by atoms with E-state index in [-0.39, 0.29) is 18.1 Å². The van der Waals surface area contributed by atoms with Gasteiger partial charge in [-0.05, 0) is 29.8 Å². The summed E-state index contributed by atoms with van der Waals surface area (Å²) >= 11 is 3.44. The summed E-state index contributed by atoms with van der Waals surface area (Å²) in [6, 6.07) is 13.2. The SMILES string of the molecule is C#CCOc1ccc(Br)cc1[C@@H](C[N+](=O)[O-])c1c[nH]c2ccccc12. The molecule has 0 saturated heterocycles. The summed E-state index contributed by atoms with van der Waals surface area (Å²) < 4.78 is 6.45. The maximum atomic E-state index is 11.3. The Balaban J connectivity index is 2.15. The topological polar surface area (TPSA) is 68.2 Å². The van der Waals surface area contributed by atoms with Crippen molar-refractivity contribution in [2.24, 2.45) is 0 Å². The monoisotopic (exact) mass is 398 g/mol. The predicted molar refractivity (Wildman–Crippen MR) is 100 cm³/mol. The van der Waals surface area contributed by atoms with E-state index >= 15 is 0 Å². The van der Waals surface area contributed by atoms with E-state index in [2.05, 4.69) is 26.8 Å². The molecule has 0 amide bonds. The van der Waals surface area contributed by atoms with Gasteiger partial charge in [-0.1, -0.05) is 40.0 Å². The molecule has 1 aromatic heterocycles. The maximum absolute atomic E-state index is 11.3. The predicted octanol–water partition coefficient (Wildman–Crippen LogP) is 4.35. The van der Waals surface area contributed by atoms with Crippen LogP contribution in [0.1, 0.15) is 17.0 Å². The van der Waals surface area contributed by atoms with E-state index in [1.807, 2.05) is 42.6 Å². The van der Waals surface area contributed by atoms with Gasteiger partial charge in [0.05, 0.1) is 5.92 Å². The highest BCUT2D eigenvalue weighted by atomic mass is 79.9. The fraction of sp³-hybridized carbons (Fsp3) is 0.158. The van der Waals surface area contributed by atoms with Gasteiger partial charge < -0.3 is 9.72 Å². The molecule has 5 nitrogen and oxygen atoms in total. The van der Waals surface area contributed by atoms with Crippen LogP contribution in [0.3, 0.4) is 0 Å². The lowest BCUT2D eigenvalue weighted by Gasteiger charge is -2.17. The first-order chi connectivity index (χ1) is 12.1. The van der Waals surface area contributed by atoms with Crippen molar-refractivity contribution in [2.45, 2.75) is 5.92 Å². The van der Waals surface area contributed by atoms with Gasteiger partial charge in [-0.2, -0.15) is 0 Å². The van der Waals surface area contributed by atoms with Crippen LogP contribution in [0.4, 0.5) is 0 Å². The Morgan fingerprint density at radius 2 is 2.08 bits per heavy atom. The van der Waals surface area contributed by atoms with Crippen molar-refractivity contribution in [2.75, 3.05) is 13.2 Å². The van der Waals surface area contributed by atoms with E-state index in [0.717, 1.165) is 26.5 Å². The second-order valence-electron chi connectivity index (χ2n) is 5.53. The molecule has 0 spiro atoms. The minimum absolute atomic E-state index is 0.105. The van der Waals surface area contributed by atoms with Crippen molar-refractivity contribution in [1.82, 2.24) is 4.98 Å². The highest BCUT2D eigenvalue weighted by Gasteiger charge is 2.26. The molecule has 25 heavy (non-hydrogen) atoms. The Morgan fingerprint density at radius 1 is 1.28 bits per heavy atom. The Morgan fingerprint density at radius 3 is 2.84 bits per heavy atom. The number of rotatable bonds is 6. The largest absolute Gasteiger partial charge is 0.481 e. The smallest absolute Gasteiger partial charge is 0.214 e. The number of halogens is 1. The van der Waals surface area contributed by atoms with Crippen LogP contribution < -0.4 is 4.74 Å². The van der Waals surface area contributed by atoms with E-state index in [0.29, 0.717) is 5.75 Å². The van der Waals surface area contributed by atoms with Gasteiger partial charge in [0.25, 0.3) is 0 Å². The highest BCUT2D eigenvalue weighted by Crippen LogP contribution is 2.37. The number of benzene rings is 2. The molecule has 0 radical (unpaired) electrons. The van der Waals surface area contributed by atoms with E-state index in [4.69, 9.17) is 11.2 Å². The van der Waals surface area contributed by atoms with E-state index in [9.17, 15) is 10.1 Å². The minimum Gasteiger partial charge on any atom is -0.481 e.